The number of phenols is 1. The van der Waals surface area contributed by atoms with Crippen molar-refractivity contribution in [3.05, 3.63) is 65.7 Å². The number of aromatic hydroxyl groups is 1. The molecule has 0 spiro atoms. The maximum atomic E-state index is 12.4. The van der Waals surface area contributed by atoms with E-state index in [1.165, 1.54) is 6.07 Å². The van der Waals surface area contributed by atoms with Crippen molar-refractivity contribution in [3.63, 3.8) is 0 Å². The molecule has 18 heavy (non-hydrogen) atoms. The minimum Gasteiger partial charge on any atom is -0.508 e. The third-order valence-electron chi connectivity index (χ3n) is 3.06. The molecule has 2 rings (SSSR count). The second kappa shape index (κ2) is 5.50. The van der Waals surface area contributed by atoms with E-state index in [0.717, 1.165) is 12.0 Å². The molecule has 0 saturated carbocycles. The quantitative estimate of drug-likeness (QED) is 0.826. The van der Waals surface area contributed by atoms with Gasteiger partial charge >= 0.3 is 0 Å². The summed E-state index contributed by atoms with van der Waals surface area (Å²) < 4.78 is 0. The molecular formula is C16H16O2. The van der Waals surface area contributed by atoms with Crippen LogP contribution in [-0.2, 0) is 0 Å². The summed E-state index contributed by atoms with van der Waals surface area (Å²) in [6, 6.07) is 16.3. The van der Waals surface area contributed by atoms with Crippen molar-refractivity contribution >= 4 is 5.78 Å². The lowest BCUT2D eigenvalue weighted by molar-refractivity contribution is 0.0957. The Morgan fingerprint density at radius 3 is 2.44 bits per heavy atom. The predicted octanol–water partition coefficient (Wildman–Crippen LogP) is 3.77. The fourth-order valence-electron chi connectivity index (χ4n) is 2.12. The molecule has 0 heterocycles. The van der Waals surface area contributed by atoms with Crippen molar-refractivity contribution in [2.75, 3.05) is 0 Å². The van der Waals surface area contributed by atoms with Gasteiger partial charge in [-0.1, -0.05) is 49.4 Å². The van der Waals surface area contributed by atoms with E-state index in [-0.39, 0.29) is 17.5 Å². The van der Waals surface area contributed by atoms with E-state index in [9.17, 15) is 9.90 Å². The van der Waals surface area contributed by atoms with Crippen LogP contribution in [-0.4, -0.2) is 10.9 Å². The first kappa shape index (κ1) is 12.4. The number of hydrogen-bond donors (Lipinski definition) is 1. The van der Waals surface area contributed by atoms with Gasteiger partial charge in [-0.15, -0.1) is 0 Å². The van der Waals surface area contributed by atoms with E-state index in [1.54, 1.807) is 18.2 Å². The molecule has 0 aliphatic rings. The first-order valence-corrected chi connectivity index (χ1v) is 6.10. The SMILES string of the molecule is CC[C@H](C(=O)c1cccc(O)c1)c1ccccc1. The Morgan fingerprint density at radius 2 is 1.83 bits per heavy atom. The second-order valence-electron chi connectivity index (χ2n) is 4.29. The molecule has 0 aliphatic carbocycles. The summed E-state index contributed by atoms with van der Waals surface area (Å²) >= 11 is 0. The van der Waals surface area contributed by atoms with Gasteiger partial charge in [-0.25, -0.2) is 0 Å². The van der Waals surface area contributed by atoms with Gasteiger partial charge in [0, 0.05) is 11.5 Å². The monoisotopic (exact) mass is 240 g/mol. The molecule has 92 valence electrons. The fraction of sp³-hybridized carbons (Fsp3) is 0.188. The lowest BCUT2D eigenvalue weighted by atomic mass is 9.88. The van der Waals surface area contributed by atoms with Gasteiger partial charge in [0.2, 0.25) is 0 Å². The molecular weight excluding hydrogens is 224 g/mol. The Hall–Kier alpha value is -2.09. The zero-order valence-corrected chi connectivity index (χ0v) is 10.3. The number of Topliss-reactive ketones (excluding diaryl/α,β-unsaturated/α-hetero) is 1. The van der Waals surface area contributed by atoms with E-state index in [2.05, 4.69) is 0 Å². The molecule has 2 aromatic carbocycles. The number of carbonyl (C=O) groups is 1. The molecule has 0 fully saturated rings. The van der Waals surface area contributed by atoms with Crippen molar-refractivity contribution in [2.24, 2.45) is 0 Å². The fourth-order valence-corrected chi connectivity index (χ4v) is 2.12. The zero-order chi connectivity index (χ0) is 13.0. The lowest BCUT2D eigenvalue weighted by Crippen LogP contribution is -2.12. The average molecular weight is 240 g/mol. The van der Waals surface area contributed by atoms with Crippen LogP contribution in [0.5, 0.6) is 5.75 Å². The topological polar surface area (TPSA) is 37.3 Å². The average Bonchev–Trinajstić information content (AvgIpc) is 2.41. The predicted molar refractivity (Wildman–Crippen MR) is 71.9 cm³/mol. The molecule has 0 amide bonds. The van der Waals surface area contributed by atoms with Gasteiger partial charge in [0.1, 0.15) is 5.75 Å². The highest BCUT2D eigenvalue weighted by atomic mass is 16.3. The molecule has 0 radical (unpaired) electrons. The number of phenolic OH excluding ortho intramolecular Hbond substituents is 1. The van der Waals surface area contributed by atoms with Crippen LogP contribution in [0, 0.1) is 0 Å². The smallest absolute Gasteiger partial charge is 0.170 e. The zero-order valence-electron chi connectivity index (χ0n) is 10.3. The first-order valence-electron chi connectivity index (χ1n) is 6.10. The van der Waals surface area contributed by atoms with Crippen LogP contribution in [0.25, 0.3) is 0 Å². The summed E-state index contributed by atoms with van der Waals surface area (Å²) in [5, 5.41) is 9.43. The van der Waals surface area contributed by atoms with Crippen molar-refractivity contribution < 1.29 is 9.90 Å². The van der Waals surface area contributed by atoms with Crippen molar-refractivity contribution in [1.82, 2.24) is 0 Å². The van der Waals surface area contributed by atoms with Gasteiger partial charge < -0.3 is 5.11 Å². The van der Waals surface area contributed by atoms with E-state index < -0.39 is 0 Å². The minimum absolute atomic E-state index is 0.0552. The largest absolute Gasteiger partial charge is 0.508 e. The maximum absolute atomic E-state index is 12.4. The van der Waals surface area contributed by atoms with Gasteiger partial charge in [-0.2, -0.15) is 0 Å². The molecule has 0 saturated heterocycles. The number of benzene rings is 2. The van der Waals surface area contributed by atoms with Crippen molar-refractivity contribution in [2.45, 2.75) is 19.3 Å². The third kappa shape index (κ3) is 2.59. The Morgan fingerprint density at radius 1 is 1.11 bits per heavy atom. The van der Waals surface area contributed by atoms with Gasteiger partial charge in [-0.3, -0.25) is 4.79 Å². The molecule has 0 unspecified atom stereocenters. The molecule has 0 bridgehead atoms. The Balaban J connectivity index is 2.32. The van der Waals surface area contributed by atoms with E-state index in [1.807, 2.05) is 37.3 Å². The van der Waals surface area contributed by atoms with Gasteiger partial charge in [0.05, 0.1) is 0 Å². The summed E-state index contributed by atoms with van der Waals surface area (Å²) in [5.41, 5.74) is 1.58. The number of rotatable bonds is 4. The summed E-state index contributed by atoms with van der Waals surface area (Å²) in [4.78, 5) is 12.4. The van der Waals surface area contributed by atoms with Gasteiger partial charge in [0.15, 0.2) is 5.78 Å². The summed E-state index contributed by atoms with van der Waals surface area (Å²) in [7, 11) is 0. The second-order valence-corrected chi connectivity index (χ2v) is 4.29. The highest BCUT2D eigenvalue weighted by Gasteiger charge is 2.20. The van der Waals surface area contributed by atoms with E-state index >= 15 is 0 Å². The number of ketones is 1. The van der Waals surface area contributed by atoms with Crippen LogP contribution in [0.15, 0.2) is 54.6 Å². The highest BCUT2D eigenvalue weighted by Crippen LogP contribution is 2.25. The van der Waals surface area contributed by atoms with E-state index in [4.69, 9.17) is 0 Å². The number of hydrogen-bond acceptors (Lipinski definition) is 2. The first-order chi connectivity index (χ1) is 8.72. The van der Waals surface area contributed by atoms with Crippen LogP contribution < -0.4 is 0 Å². The van der Waals surface area contributed by atoms with Crippen LogP contribution in [0.1, 0.15) is 35.2 Å². The molecule has 2 aromatic rings. The van der Waals surface area contributed by atoms with Crippen LogP contribution in [0.4, 0.5) is 0 Å². The van der Waals surface area contributed by atoms with Crippen molar-refractivity contribution in [3.8, 4) is 5.75 Å². The summed E-state index contributed by atoms with van der Waals surface area (Å²) in [5.74, 6) is 0.0383. The van der Waals surface area contributed by atoms with E-state index in [0.29, 0.717) is 5.56 Å². The summed E-state index contributed by atoms with van der Waals surface area (Å²) in [6.07, 6.45) is 0.749. The molecule has 0 aliphatic heterocycles. The van der Waals surface area contributed by atoms with Crippen molar-refractivity contribution in [1.29, 1.82) is 0 Å². The Labute approximate surface area is 107 Å². The molecule has 2 nitrogen and oxygen atoms in total. The lowest BCUT2D eigenvalue weighted by Gasteiger charge is -2.14. The van der Waals surface area contributed by atoms with Crippen LogP contribution in [0.3, 0.4) is 0 Å². The normalized spacial score (nSPS) is 12.1. The maximum Gasteiger partial charge on any atom is 0.170 e. The van der Waals surface area contributed by atoms with Gasteiger partial charge in [-0.05, 0) is 24.1 Å². The van der Waals surface area contributed by atoms with Crippen LogP contribution >= 0.6 is 0 Å². The van der Waals surface area contributed by atoms with Crippen LogP contribution in [0.2, 0.25) is 0 Å². The standard InChI is InChI=1S/C16H16O2/c1-2-15(12-7-4-3-5-8-12)16(18)13-9-6-10-14(17)11-13/h3-11,15,17H,2H2,1H3/t15-/m0/s1. The molecule has 1 atom stereocenters. The molecule has 2 heteroatoms. The summed E-state index contributed by atoms with van der Waals surface area (Å²) in [6.45, 7) is 2.00. The minimum atomic E-state index is -0.145. The highest BCUT2D eigenvalue weighted by molar-refractivity contribution is 6.01. The Bertz CT molecular complexity index is 532. The third-order valence-corrected chi connectivity index (χ3v) is 3.06. The molecule has 1 N–H and O–H groups in total. The molecule has 0 aromatic heterocycles. The Kier molecular flexibility index (Phi) is 3.78. The number of carbonyl (C=O) groups excluding carboxylic acids is 1. The van der Waals surface area contributed by atoms with Gasteiger partial charge in [0.25, 0.3) is 0 Å².